The Morgan fingerprint density at radius 1 is 1.21 bits per heavy atom. The predicted octanol–water partition coefficient (Wildman–Crippen LogP) is 3.54. The van der Waals surface area contributed by atoms with Crippen LogP contribution in [0.15, 0.2) is 18.2 Å². The van der Waals surface area contributed by atoms with Crippen LogP contribution >= 0.6 is 0 Å². The van der Waals surface area contributed by atoms with Crippen molar-refractivity contribution in [1.82, 2.24) is 4.72 Å². The largest absolute Gasteiger partial charge is 0.492 e. The van der Waals surface area contributed by atoms with Crippen LogP contribution in [-0.2, 0) is 21.0 Å². The molecule has 10 heteroatoms. The van der Waals surface area contributed by atoms with Crippen LogP contribution < -0.4 is 14.8 Å². The number of halogens is 3. The van der Waals surface area contributed by atoms with Crippen molar-refractivity contribution >= 4 is 21.6 Å². The van der Waals surface area contributed by atoms with Crippen LogP contribution in [-0.4, -0.2) is 32.7 Å². The molecule has 0 unspecified atom stereocenters. The van der Waals surface area contributed by atoms with E-state index in [1.807, 2.05) is 0 Å². The molecule has 0 aromatic heterocycles. The Bertz CT molecular complexity index is 789. The Kier molecular flexibility index (Phi) is 7.33. The molecule has 158 valence electrons. The van der Waals surface area contributed by atoms with Crippen LogP contribution in [0.4, 0.5) is 18.9 Å². The number of amides is 1. The third-order valence-electron chi connectivity index (χ3n) is 4.56. The first-order valence-corrected chi connectivity index (χ1v) is 10.8. The Balaban J connectivity index is 2.06. The van der Waals surface area contributed by atoms with Gasteiger partial charge < -0.3 is 10.1 Å². The second kappa shape index (κ2) is 9.13. The predicted molar refractivity (Wildman–Crippen MR) is 99.6 cm³/mol. The van der Waals surface area contributed by atoms with Gasteiger partial charge in [-0.3, -0.25) is 4.79 Å². The van der Waals surface area contributed by atoms with E-state index in [-0.39, 0.29) is 24.1 Å². The van der Waals surface area contributed by atoms with Gasteiger partial charge in [0.25, 0.3) is 0 Å². The van der Waals surface area contributed by atoms with E-state index >= 15 is 0 Å². The molecule has 1 aliphatic rings. The number of nitrogens with one attached hydrogen (secondary N) is 2. The van der Waals surface area contributed by atoms with E-state index in [0.29, 0.717) is 18.8 Å². The third kappa shape index (κ3) is 6.66. The van der Waals surface area contributed by atoms with Crippen molar-refractivity contribution in [2.24, 2.45) is 5.92 Å². The van der Waals surface area contributed by atoms with Crippen molar-refractivity contribution in [2.45, 2.75) is 51.7 Å². The van der Waals surface area contributed by atoms with Gasteiger partial charge in [-0.05, 0) is 56.7 Å². The van der Waals surface area contributed by atoms with Gasteiger partial charge in [0, 0.05) is 6.04 Å². The molecule has 28 heavy (non-hydrogen) atoms. The summed E-state index contributed by atoms with van der Waals surface area (Å²) in [6.07, 6.45) is -1.40. The van der Waals surface area contributed by atoms with Gasteiger partial charge in [-0.2, -0.15) is 13.2 Å². The van der Waals surface area contributed by atoms with Crippen LogP contribution in [0.3, 0.4) is 0 Å². The molecule has 0 radical (unpaired) electrons. The van der Waals surface area contributed by atoms with Gasteiger partial charge in [0.05, 0.1) is 17.9 Å². The standard InChI is InChI=1S/C18H25F3N2O4S/c1-3-27-16-9-6-13(18(19,20)21)10-15(16)22-17(24)11-28(25,26)23-14-7-4-12(2)5-8-14/h6,9-10,12,14,23H,3-5,7-8,11H2,1-2H3,(H,22,24). The van der Waals surface area contributed by atoms with Crippen LogP contribution in [0.2, 0.25) is 0 Å². The van der Waals surface area contributed by atoms with Gasteiger partial charge in [0.1, 0.15) is 11.5 Å². The highest BCUT2D eigenvalue weighted by molar-refractivity contribution is 7.90. The monoisotopic (exact) mass is 422 g/mol. The van der Waals surface area contributed by atoms with Crippen molar-refractivity contribution < 1.29 is 31.1 Å². The van der Waals surface area contributed by atoms with Crippen molar-refractivity contribution in [1.29, 1.82) is 0 Å². The number of hydrogen-bond acceptors (Lipinski definition) is 4. The summed E-state index contributed by atoms with van der Waals surface area (Å²) in [5.74, 6) is -1.23. The number of rotatable bonds is 7. The highest BCUT2D eigenvalue weighted by Crippen LogP contribution is 2.35. The maximum Gasteiger partial charge on any atom is 0.416 e. The van der Waals surface area contributed by atoms with Gasteiger partial charge in [0.2, 0.25) is 15.9 Å². The average molecular weight is 422 g/mol. The Hall–Kier alpha value is -1.81. The van der Waals surface area contributed by atoms with Crippen molar-refractivity contribution in [3.8, 4) is 5.75 Å². The van der Waals surface area contributed by atoms with Gasteiger partial charge in [0.15, 0.2) is 0 Å². The molecule has 0 heterocycles. The summed E-state index contributed by atoms with van der Waals surface area (Å²) in [6, 6.07) is 2.44. The highest BCUT2D eigenvalue weighted by atomic mass is 32.2. The molecule has 1 fully saturated rings. The minimum atomic E-state index is -4.60. The lowest BCUT2D eigenvalue weighted by Crippen LogP contribution is -2.41. The Labute approximate surface area is 162 Å². The van der Waals surface area contributed by atoms with Gasteiger partial charge in [-0.25, -0.2) is 13.1 Å². The second-order valence-corrected chi connectivity index (χ2v) is 8.78. The number of carbonyl (C=O) groups excluding carboxylic acids is 1. The summed E-state index contributed by atoms with van der Waals surface area (Å²) < 4.78 is 71.0. The molecular formula is C18H25F3N2O4S. The van der Waals surface area contributed by atoms with Crippen LogP contribution in [0.25, 0.3) is 0 Å². The lowest BCUT2D eigenvalue weighted by molar-refractivity contribution is -0.137. The van der Waals surface area contributed by atoms with Crippen molar-refractivity contribution in [3.63, 3.8) is 0 Å². The minimum Gasteiger partial charge on any atom is -0.492 e. The zero-order valence-corrected chi connectivity index (χ0v) is 16.6. The van der Waals surface area contributed by atoms with Crippen LogP contribution in [0.5, 0.6) is 5.75 Å². The minimum absolute atomic E-state index is 0.0375. The summed E-state index contributed by atoms with van der Waals surface area (Å²) in [5, 5.41) is 2.23. The van der Waals surface area contributed by atoms with Gasteiger partial charge >= 0.3 is 6.18 Å². The number of ether oxygens (including phenoxy) is 1. The SMILES string of the molecule is CCOc1ccc(C(F)(F)F)cc1NC(=O)CS(=O)(=O)NC1CCC(C)CC1. The first-order chi connectivity index (χ1) is 13.0. The summed E-state index contributed by atoms with van der Waals surface area (Å²) >= 11 is 0. The molecule has 1 aromatic carbocycles. The fourth-order valence-electron chi connectivity index (χ4n) is 3.12. The maximum atomic E-state index is 12.9. The quantitative estimate of drug-likeness (QED) is 0.704. The van der Waals surface area contributed by atoms with E-state index in [2.05, 4.69) is 17.0 Å². The third-order valence-corrected chi connectivity index (χ3v) is 5.90. The molecule has 1 aromatic rings. The van der Waals surface area contributed by atoms with Crippen LogP contribution in [0.1, 0.15) is 45.1 Å². The number of alkyl halides is 3. The van der Waals surface area contributed by atoms with Crippen LogP contribution in [0, 0.1) is 5.92 Å². The van der Waals surface area contributed by atoms with Crippen molar-refractivity contribution in [3.05, 3.63) is 23.8 Å². The fraction of sp³-hybridized carbons (Fsp3) is 0.611. The fourth-order valence-corrected chi connectivity index (χ4v) is 4.36. The molecule has 0 atom stereocenters. The summed E-state index contributed by atoms with van der Waals surface area (Å²) in [4.78, 5) is 12.2. The number of carbonyl (C=O) groups is 1. The first-order valence-electron chi connectivity index (χ1n) is 9.14. The normalized spacial score (nSPS) is 20.6. The molecule has 0 saturated heterocycles. The highest BCUT2D eigenvalue weighted by Gasteiger charge is 2.32. The Morgan fingerprint density at radius 3 is 2.43 bits per heavy atom. The summed E-state index contributed by atoms with van der Waals surface area (Å²) in [5.41, 5.74) is -1.19. The van der Waals surface area contributed by atoms with E-state index in [0.717, 1.165) is 31.0 Å². The number of sulfonamides is 1. The van der Waals surface area contributed by atoms with E-state index in [1.54, 1.807) is 6.92 Å². The van der Waals surface area contributed by atoms with Crippen molar-refractivity contribution in [2.75, 3.05) is 17.7 Å². The zero-order chi connectivity index (χ0) is 20.9. The molecule has 6 nitrogen and oxygen atoms in total. The second-order valence-electron chi connectivity index (χ2n) is 7.02. The lowest BCUT2D eigenvalue weighted by Gasteiger charge is -2.26. The van der Waals surface area contributed by atoms with Gasteiger partial charge in [-0.15, -0.1) is 0 Å². The molecule has 1 aliphatic carbocycles. The number of anilines is 1. The molecule has 2 N–H and O–H groups in total. The zero-order valence-electron chi connectivity index (χ0n) is 15.8. The summed E-state index contributed by atoms with van der Waals surface area (Å²) in [6.45, 7) is 3.92. The van der Waals surface area contributed by atoms with E-state index in [4.69, 9.17) is 4.74 Å². The van der Waals surface area contributed by atoms with E-state index in [9.17, 15) is 26.4 Å². The molecule has 2 rings (SSSR count). The maximum absolute atomic E-state index is 12.9. The molecule has 0 spiro atoms. The smallest absolute Gasteiger partial charge is 0.416 e. The summed E-state index contributed by atoms with van der Waals surface area (Å²) in [7, 11) is -3.91. The van der Waals surface area contributed by atoms with Gasteiger partial charge in [-0.1, -0.05) is 6.92 Å². The topological polar surface area (TPSA) is 84.5 Å². The van der Waals surface area contributed by atoms with E-state index in [1.165, 1.54) is 0 Å². The molecule has 0 bridgehead atoms. The number of hydrogen-bond donors (Lipinski definition) is 2. The molecule has 1 saturated carbocycles. The lowest BCUT2D eigenvalue weighted by atomic mass is 9.88. The average Bonchev–Trinajstić information content (AvgIpc) is 2.57. The number of benzene rings is 1. The molecule has 0 aliphatic heterocycles. The van der Waals surface area contributed by atoms with E-state index < -0.39 is 33.4 Å². The molecule has 1 amide bonds. The molecular weight excluding hydrogens is 397 g/mol. The first kappa shape index (κ1) is 22.5. The Morgan fingerprint density at radius 2 is 1.86 bits per heavy atom.